The van der Waals surface area contributed by atoms with Gasteiger partial charge in [-0.05, 0) is 6.08 Å². The summed E-state index contributed by atoms with van der Waals surface area (Å²) in [7, 11) is 1.54. The fraction of sp³-hybridized carbons (Fsp3) is 0.727. The maximum atomic E-state index is 14.4. The fourth-order valence-corrected chi connectivity index (χ4v) is 3.23. The monoisotopic (exact) mass is 307 g/mol. The molecule has 0 bridgehead atoms. The molecular formula is C11H15ClFN3O4. The van der Waals surface area contributed by atoms with Gasteiger partial charge in [-0.25, -0.2) is 4.39 Å². The van der Waals surface area contributed by atoms with E-state index in [-0.39, 0.29) is 5.88 Å². The van der Waals surface area contributed by atoms with E-state index in [0.717, 1.165) is 4.90 Å². The third-order valence-electron chi connectivity index (χ3n) is 4.15. The molecule has 112 valence electrons. The van der Waals surface area contributed by atoms with E-state index in [4.69, 9.17) is 16.3 Å². The predicted molar refractivity (Wildman–Crippen MR) is 67.7 cm³/mol. The summed E-state index contributed by atoms with van der Waals surface area (Å²) in [6.45, 7) is 0. The zero-order valence-electron chi connectivity index (χ0n) is 10.6. The molecule has 0 radical (unpaired) electrons. The Morgan fingerprint density at radius 2 is 2.30 bits per heavy atom. The number of fused-ring (bicyclic) bond motifs is 1. The van der Waals surface area contributed by atoms with Crippen LogP contribution in [0.2, 0.25) is 0 Å². The van der Waals surface area contributed by atoms with Crippen LogP contribution in [0.1, 0.15) is 0 Å². The van der Waals surface area contributed by atoms with Crippen LogP contribution in [-0.2, 0) is 4.74 Å². The maximum Gasteiger partial charge on any atom is 0.208 e. The summed E-state index contributed by atoms with van der Waals surface area (Å²) in [6, 6.07) is 0. The van der Waals surface area contributed by atoms with Crippen LogP contribution in [0.5, 0.6) is 0 Å². The van der Waals surface area contributed by atoms with Crippen molar-refractivity contribution in [1.29, 1.82) is 0 Å². The normalized spacial score (nSPS) is 52.1. The molecule has 0 aromatic heterocycles. The standard InChI is InChI=1S/C11H15ClFN3O4/c1-14-5-2-3-16(9(18)15-5)7-6(13)11(19)8(17)10(11,4-12)20-7/h2-3,6-9,17-19H,4H2,1H3,(H,14,15)/t6-,7+,8?,9?,10+,11-/m0/s1. The van der Waals surface area contributed by atoms with E-state index >= 15 is 0 Å². The Hall–Kier alpha value is -0.930. The molecule has 2 fully saturated rings. The van der Waals surface area contributed by atoms with Gasteiger partial charge < -0.3 is 30.3 Å². The second-order valence-corrected chi connectivity index (χ2v) is 5.32. The van der Waals surface area contributed by atoms with E-state index in [1.165, 1.54) is 19.3 Å². The summed E-state index contributed by atoms with van der Waals surface area (Å²) < 4.78 is 19.8. The number of aliphatic imine (C=N–C) groups is 1. The summed E-state index contributed by atoms with van der Waals surface area (Å²) in [6.07, 6.45) is -2.85. The number of nitrogens with one attached hydrogen (secondary N) is 1. The highest BCUT2D eigenvalue weighted by Crippen LogP contribution is 2.61. The molecule has 0 aromatic rings. The Morgan fingerprint density at radius 3 is 2.80 bits per heavy atom. The molecule has 1 aliphatic carbocycles. The van der Waals surface area contributed by atoms with Crippen LogP contribution in [0.4, 0.5) is 4.39 Å². The first kappa shape index (κ1) is 14.0. The minimum absolute atomic E-state index is 0.246. The molecule has 4 N–H and O–H groups in total. The zero-order valence-corrected chi connectivity index (χ0v) is 11.3. The highest BCUT2D eigenvalue weighted by atomic mass is 35.5. The Bertz CT molecular complexity index is 488. The van der Waals surface area contributed by atoms with Crippen molar-refractivity contribution in [2.45, 2.75) is 36.1 Å². The maximum absolute atomic E-state index is 14.4. The molecule has 2 unspecified atom stereocenters. The molecule has 0 aromatic carbocycles. The molecule has 6 atom stereocenters. The van der Waals surface area contributed by atoms with Crippen LogP contribution >= 0.6 is 11.6 Å². The zero-order chi connectivity index (χ0) is 14.7. The molecule has 1 saturated carbocycles. The lowest BCUT2D eigenvalue weighted by atomic mass is 10.1. The number of aliphatic hydroxyl groups is 3. The first-order valence-electron chi connectivity index (χ1n) is 6.07. The van der Waals surface area contributed by atoms with Gasteiger partial charge in [-0.2, -0.15) is 0 Å². The summed E-state index contributed by atoms with van der Waals surface area (Å²) in [5, 5.41) is 32.3. The SMILES string of the molecule is CN=C1C=CN([C@@H]2O[C@]3(CCl)C(O)[C@@]3(O)[C@H]2F)C(O)N1. The van der Waals surface area contributed by atoms with Crippen molar-refractivity contribution in [3.05, 3.63) is 12.3 Å². The van der Waals surface area contributed by atoms with Crippen LogP contribution in [0.25, 0.3) is 0 Å². The average molecular weight is 308 g/mol. The van der Waals surface area contributed by atoms with Crippen molar-refractivity contribution < 1.29 is 24.4 Å². The minimum Gasteiger partial charge on any atom is -0.387 e. The Kier molecular flexibility index (Phi) is 3.00. The molecule has 1 saturated heterocycles. The van der Waals surface area contributed by atoms with Crippen molar-refractivity contribution >= 4 is 17.4 Å². The Labute approximate surface area is 119 Å². The van der Waals surface area contributed by atoms with Gasteiger partial charge in [0.25, 0.3) is 0 Å². The van der Waals surface area contributed by atoms with Crippen LogP contribution < -0.4 is 5.32 Å². The van der Waals surface area contributed by atoms with Crippen molar-refractivity contribution in [1.82, 2.24) is 10.2 Å². The molecule has 3 aliphatic rings. The number of ether oxygens (including phenoxy) is 1. The van der Waals surface area contributed by atoms with Gasteiger partial charge in [-0.15, -0.1) is 11.6 Å². The van der Waals surface area contributed by atoms with Crippen LogP contribution in [0.3, 0.4) is 0 Å². The van der Waals surface area contributed by atoms with Crippen molar-refractivity contribution in [3.8, 4) is 0 Å². The van der Waals surface area contributed by atoms with E-state index < -0.39 is 36.1 Å². The number of aliphatic hydroxyl groups excluding tert-OH is 2. The molecule has 7 nitrogen and oxygen atoms in total. The molecule has 0 amide bonds. The molecule has 2 aliphatic heterocycles. The minimum atomic E-state index is -2.04. The number of alkyl halides is 2. The lowest BCUT2D eigenvalue weighted by Crippen LogP contribution is -2.56. The summed E-state index contributed by atoms with van der Waals surface area (Å²) >= 11 is 5.68. The van der Waals surface area contributed by atoms with Gasteiger partial charge in [0.05, 0.1) is 5.88 Å². The molecule has 3 rings (SSSR count). The van der Waals surface area contributed by atoms with Gasteiger partial charge in [0.2, 0.25) is 6.35 Å². The number of amidine groups is 1. The van der Waals surface area contributed by atoms with E-state index in [1.54, 1.807) is 0 Å². The van der Waals surface area contributed by atoms with Crippen LogP contribution in [0, 0.1) is 0 Å². The van der Waals surface area contributed by atoms with Gasteiger partial charge in [-0.3, -0.25) is 4.99 Å². The first-order chi connectivity index (χ1) is 9.42. The number of halogens is 2. The number of rotatable bonds is 2. The van der Waals surface area contributed by atoms with Gasteiger partial charge in [-0.1, -0.05) is 0 Å². The largest absolute Gasteiger partial charge is 0.387 e. The summed E-state index contributed by atoms with van der Waals surface area (Å²) in [4.78, 5) is 5.00. The van der Waals surface area contributed by atoms with Gasteiger partial charge in [0.15, 0.2) is 18.0 Å². The first-order valence-corrected chi connectivity index (χ1v) is 6.61. The van der Waals surface area contributed by atoms with Crippen molar-refractivity contribution in [2.75, 3.05) is 12.9 Å². The van der Waals surface area contributed by atoms with Gasteiger partial charge >= 0.3 is 0 Å². The third-order valence-corrected chi connectivity index (χ3v) is 4.55. The molecule has 0 spiro atoms. The van der Waals surface area contributed by atoms with Crippen LogP contribution in [0.15, 0.2) is 17.3 Å². The molecule has 9 heteroatoms. The summed E-state index contributed by atoms with van der Waals surface area (Å²) in [5.74, 6) is 0.183. The Balaban J connectivity index is 1.84. The fourth-order valence-electron chi connectivity index (χ4n) is 2.81. The van der Waals surface area contributed by atoms with Crippen LogP contribution in [-0.4, -0.2) is 75.0 Å². The van der Waals surface area contributed by atoms with E-state index in [1.807, 2.05) is 0 Å². The average Bonchev–Trinajstić information content (AvgIpc) is 2.81. The lowest BCUT2D eigenvalue weighted by molar-refractivity contribution is -0.155. The van der Waals surface area contributed by atoms with Crippen molar-refractivity contribution in [3.63, 3.8) is 0 Å². The van der Waals surface area contributed by atoms with E-state index in [0.29, 0.717) is 5.84 Å². The predicted octanol–water partition coefficient (Wildman–Crippen LogP) is -1.51. The smallest absolute Gasteiger partial charge is 0.208 e. The van der Waals surface area contributed by atoms with Gasteiger partial charge in [0, 0.05) is 13.2 Å². The number of hydrogen-bond donors (Lipinski definition) is 4. The van der Waals surface area contributed by atoms with Crippen molar-refractivity contribution in [2.24, 2.45) is 4.99 Å². The Morgan fingerprint density at radius 1 is 1.60 bits per heavy atom. The van der Waals surface area contributed by atoms with E-state index in [9.17, 15) is 19.7 Å². The van der Waals surface area contributed by atoms with Gasteiger partial charge in [0.1, 0.15) is 17.5 Å². The second-order valence-electron chi connectivity index (χ2n) is 5.05. The molecule has 20 heavy (non-hydrogen) atoms. The quantitative estimate of drug-likeness (QED) is 0.463. The topological polar surface area (TPSA) is 97.6 Å². The number of hydrogen-bond acceptors (Lipinski definition) is 6. The molecular weight excluding hydrogens is 293 g/mol. The molecule has 2 heterocycles. The van der Waals surface area contributed by atoms with E-state index in [2.05, 4.69) is 10.3 Å². The highest BCUT2D eigenvalue weighted by molar-refractivity contribution is 6.19. The number of nitrogens with zero attached hydrogens (tertiary/aromatic N) is 2. The lowest BCUT2D eigenvalue weighted by Gasteiger charge is -2.37. The highest BCUT2D eigenvalue weighted by Gasteiger charge is 2.88. The second kappa shape index (κ2) is 4.28. The third kappa shape index (κ3) is 1.45. The summed E-state index contributed by atoms with van der Waals surface area (Å²) in [5.41, 5.74) is -3.56.